The Balaban J connectivity index is 2.13. The van der Waals surface area contributed by atoms with E-state index >= 15 is 0 Å². The van der Waals surface area contributed by atoms with Gasteiger partial charge in [-0.15, -0.1) is 0 Å². The Morgan fingerprint density at radius 2 is 2.05 bits per heavy atom. The highest BCUT2D eigenvalue weighted by Crippen LogP contribution is 2.25. The summed E-state index contributed by atoms with van der Waals surface area (Å²) in [6, 6.07) is 3.24. The van der Waals surface area contributed by atoms with E-state index in [4.69, 9.17) is 0 Å². The van der Waals surface area contributed by atoms with Crippen molar-refractivity contribution >= 4 is 0 Å². The molecule has 1 aliphatic carbocycles. The van der Waals surface area contributed by atoms with Gasteiger partial charge in [-0.3, -0.25) is 0 Å². The summed E-state index contributed by atoms with van der Waals surface area (Å²) in [5, 5.41) is 13.2. The van der Waals surface area contributed by atoms with Gasteiger partial charge in [-0.2, -0.15) is 0 Å². The van der Waals surface area contributed by atoms with E-state index in [1.807, 2.05) is 6.92 Å². The summed E-state index contributed by atoms with van der Waals surface area (Å²) in [5.74, 6) is -0.827. The largest absolute Gasteiger partial charge is 0.392 e. The maximum absolute atomic E-state index is 13.8. The summed E-state index contributed by atoms with van der Waals surface area (Å²) in [7, 11) is 0. The molecule has 1 aromatic carbocycles. The monoisotopic (exact) mass is 269 g/mol. The van der Waals surface area contributed by atoms with Crippen molar-refractivity contribution < 1.29 is 13.9 Å². The third-order valence-electron chi connectivity index (χ3n) is 3.89. The van der Waals surface area contributed by atoms with Crippen LogP contribution >= 0.6 is 0 Å². The summed E-state index contributed by atoms with van der Waals surface area (Å²) in [6.07, 6.45) is 4.03. The Bertz CT molecular complexity index is 425. The summed E-state index contributed by atoms with van der Waals surface area (Å²) in [4.78, 5) is 0. The first-order chi connectivity index (χ1) is 9.11. The molecule has 0 spiro atoms. The first kappa shape index (κ1) is 14.4. The number of nitrogens with one attached hydrogen (secondary N) is 1. The van der Waals surface area contributed by atoms with Crippen LogP contribution in [0.5, 0.6) is 0 Å². The van der Waals surface area contributed by atoms with Crippen LogP contribution < -0.4 is 5.32 Å². The number of halogens is 2. The number of hydrogen-bond acceptors (Lipinski definition) is 2. The molecule has 0 aliphatic heterocycles. The van der Waals surface area contributed by atoms with Crippen molar-refractivity contribution in [3.05, 3.63) is 35.4 Å². The first-order valence-corrected chi connectivity index (χ1v) is 7.01. The maximum atomic E-state index is 13.8. The van der Waals surface area contributed by atoms with Gasteiger partial charge >= 0.3 is 0 Å². The molecule has 0 aromatic heterocycles. The zero-order valence-electron chi connectivity index (χ0n) is 11.2. The van der Waals surface area contributed by atoms with Crippen LogP contribution in [0, 0.1) is 11.6 Å². The molecule has 2 nitrogen and oxygen atoms in total. The molecular formula is C15H21F2NO. The van der Waals surface area contributed by atoms with Crippen molar-refractivity contribution in [3.8, 4) is 0 Å². The highest BCUT2D eigenvalue weighted by atomic mass is 19.1. The van der Waals surface area contributed by atoms with Crippen LogP contribution in [0.4, 0.5) is 8.78 Å². The van der Waals surface area contributed by atoms with Gasteiger partial charge in [0.05, 0.1) is 6.10 Å². The molecule has 2 rings (SSSR count). The van der Waals surface area contributed by atoms with Gasteiger partial charge in [-0.05, 0) is 37.5 Å². The molecule has 3 unspecified atom stereocenters. The Morgan fingerprint density at radius 3 is 2.74 bits per heavy atom. The molecule has 0 saturated heterocycles. The summed E-state index contributed by atoms with van der Waals surface area (Å²) in [6.45, 7) is 1.93. The van der Waals surface area contributed by atoms with Crippen molar-refractivity contribution in [2.45, 2.75) is 57.2 Å². The number of rotatable bonds is 4. The third kappa shape index (κ3) is 3.51. The highest BCUT2D eigenvalue weighted by molar-refractivity contribution is 5.22. The van der Waals surface area contributed by atoms with E-state index in [9.17, 15) is 13.9 Å². The molecular weight excluding hydrogens is 248 g/mol. The fourth-order valence-corrected chi connectivity index (χ4v) is 2.77. The van der Waals surface area contributed by atoms with E-state index < -0.39 is 11.6 Å². The molecule has 1 aliphatic rings. The molecule has 0 heterocycles. The van der Waals surface area contributed by atoms with E-state index in [-0.39, 0.29) is 18.2 Å². The van der Waals surface area contributed by atoms with Crippen molar-refractivity contribution in [3.63, 3.8) is 0 Å². The minimum Gasteiger partial charge on any atom is -0.392 e. The van der Waals surface area contributed by atoms with Gasteiger partial charge < -0.3 is 10.4 Å². The second-order valence-electron chi connectivity index (χ2n) is 5.25. The number of aliphatic hydroxyl groups excluding tert-OH is 1. The zero-order valence-corrected chi connectivity index (χ0v) is 11.2. The topological polar surface area (TPSA) is 32.3 Å². The Kier molecular flexibility index (Phi) is 4.88. The van der Waals surface area contributed by atoms with Crippen LogP contribution in [0.25, 0.3) is 0 Å². The third-order valence-corrected chi connectivity index (χ3v) is 3.89. The number of hydrogen-bond donors (Lipinski definition) is 2. The Morgan fingerprint density at radius 1 is 1.32 bits per heavy atom. The molecule has 0 amide bonds. The van der Waals surface area contributed by atoms with Crippen LogP contribution in [-0.2, 0) is 0 Å². The second kappa shape index (κ2) is 6.44. The Labute approximate surface area is 112 Å². The minimum absolute atomic E-state index is 0.0265. The minimum atomic E-state index is -0.430. The smallest absolute Gasteiger partial charge is 0.128 e. The fraction of sp³-hybridized carbons (Fsp3) is 0.600. The van der Waals surface area contributed by atoms with E-state index in [0.29, 0.717) is 12.0 Å². The van der Waals surface area contributed by atoms with Gasteiger partial charge in [-0.25, -0.2) is 8.78 Å². The predicted octanol–water partition coefficient (Wildman–Crippen LogP) is 3.31. The lowest BCUT2D eigenvalue weighted by molar-refractivity contribution is 0.0841. The van der Waals surface area contributed by atoms with Gasteiger partial charge in [0, 0.05) is 17.6 Å². The molecule has 106 valence electrons. The van der Waals surface area contributed by atoms with E-state index in [0.717, 1.165) is 37.8 Å². The van der Waals surface area contributed by atoms with Crippen molar-refractivity contribution in [1.29, 1.82) is 0 Å². The molecule has 2 N–H and O–H groups in total. The van der Waals surface area contributed by atoms with Gasteiger partial charge in [0.15, 0.2) is 0 Å². The molecule has 1 aromatic rings. The lowest BCUT2D eigenvalue weighted by Crippen LogP contribution is -2.43. The lowest BCUT2D eigenvalue weighted by atomic mass is 9.91. The van der Waals surface area contributed by atoms with Crippen LogP contribution in [0.1, 0.15) is 50.6 Å². The van der Waals surface area contributed by atoms with Crippen LogP contribution in [-0.4, -0.2) is 17.3 Å². The van der Waals surface area contributed by atoms with Gasteiger partial charge in [0.2, 0.25) is 0 Å². The summed E-state index contributed by atoms with van der Waals surface area (Å²) >= 11 is 0. The standard InChI is InChI=1S/C15H21F2NO/c1-2-13(11-9-10(16)7-8-12(11)17)18-14-5-3-4-6-15(14)19/h7-9,13-15,18-19H,2-6H2,1H3. The van der Waals surface area contributed by atoms with Gasteiger partial charge in [0.25, 0.3) is 0 Å². The number of aliphatic hydroxyl groups is 1. The maximum Gasteiger partial charge on any atom is 0.128 e. The average molecular weight is 269 g/mol. The fourth-order valence-electron chi connectivity index (χ4n) is 2.77. The lowest BCUT2D eigenvalue weighted by Gasteiger charge is -2.32. The molecule has 0 radical (unpaired) electrons. The zero-order chi connectivity index (χ0) is 13.8. The molecule has 1 saturated carbocycles. The highest BCUT2D eigenvalue weighted by Gasteiger charge is 2.26. The predicted molar refractivity (Wildman–Crippen MR) is 70.8 cm³/mol. The van der Waals surface area contributed by atoms with Crippen LogP contribution in [0.15, 0.2) is 18.2 Å². The molecule has 3 atom stereocenters. The molecule has 0 bridgehead atoms. The van der Waals surface area contributed by atoms with E-state index in [1.165, 1.54) is 6.07 Å². The SMILES string of the molecule is CCC(NC1CCCCC1O)c1cc(F)ccc1F. The average Bonchev–Trinajstić information content (AvgIpc) is 2.41. The number of benzene rings is 1. The van der Waals surface area contributed by atoms with Gasteiger partial charge in [-0.1, -0.05) is 19.8 Å². The molecule has 4 heteroatoms. The quantitative estimate of drug-likeness (QED) is 0.879. The van der Waals surface area contributed by atoms with Crippen molar-refractivity contribution in [2.24, 2.45) is 0 Å². The summed E-state index contributed by atoms with van der Waals surface area (Å²) in [5.41, 5.74) is 0.347. The van der Waals surface area contributed by atoms with Crippen molar-refractivity contribution in [2.75, 3.05) is 0 Å². The van der Waals surface area contributed by atoms with E-state index in [2.05, 4.69) is 5.32 Å². The summed E-state index contributed by atoms with van der Waals surface area (Å²) < 4.78 is 27.0. The molecule has 19 heavy (non-hydrogen) atoms. The second-order valence-corrected chi connectivity index (χ2v) is 5.25. The van der Waals surface area contributed by atoms with Gasteiger partial charge in [0.1, 0.15) is 11.6 Å². The first-order valence-electron chi connectivity index (χ1n) is 7.01. The molecule has 1 fully saturated rings. The Hall–Kier alpha value is -1.00. The van der Waals surface area contributed by atoms with Crippen molar-refractivity contribution in [1.82, 2.24) is 5.32 Å². The van der Waals surface area contributed by atoms with Crippen LogP contribution in [0.3, 0.4) is 0 Å². The van der Waals surface area contributed by atoms with E-state index in [1.54, 1.807) is 0 Å². The van der Waals surface area contributed by atoms with Crippen LogP contribution in [0.2, 0.25) is 0 Å². The normalized spacial score (nSPS) is 25.3.